The molecular weight excluding hydrogens is 443 g/mol. The largest absolute Gasteiger partial charge is 0.377 e. The van der Waals surface area contributed by atoms with Crippen molar-refractivity contribution in [1.29, 1.82) is 0 Å². The van der Waals surface area contributed by atoms with Gasteiger partial charge in [0.15, 0.2) is 5.96 Å². The maximum Gasteiger partial charge on any atom is 0.225 e. The van der Waals surface area contributed by atoms with Crippen LogP contribution in [0.5, 0.6) is 0 Å². The average molecular weight is 472 g/mol. The van der Waals surface area contributed by atoms with E-state index in [4.69, 9.17) is 9.73 Å². The lowest BCUT2D eigenvalue weighted by atomic mass is 10.1. The van der Waals surface area contributed by atoms with Crippen LogP contribution in [0.15, 0.2) is 35.1 Å². The molecule has 3 heterocycles. The second-order valence-corrected chi connectivity index (χ2v) is 6.20. The van der Waals surface area contributed by atoms with Crippen molar-refractivity contribution in [1.82, 2.24) is 20.2 Å². The number of piperazine rings is 1. The normalized spacial score (nSPS) is 18.2. The van der Waals surface area contributed by atoms with Crippen molar-refractivity contribution in [3.63, 3.8) is 0 Å². The Morgan fingerprint density at radius 2 is 2.00 bits per heavy atom. The number of rotatable bonds is 5. The molecule has 3 rings (SSSR count). The van der Waals surface area contributed by atoms with Gasteiger partial charge < -0.3 is 19.9 Å². The molecule has 1 N–H and O–H groups in total. The molecule has 0 atom stereocenters. The molecule has 0 bridgehead atoms. The topological polar surface area (TPSA) is 65.9 Å². The summed E-state index contributed by atoms with van der Waals surface area (Å²) in [5.41, 5.74) is 1.47. The van der Waals surface area contributed by atoms with Crippen LogP contribution in [0.3, 0.4) is 0 Å². The van der Waals surface area contributed by atoms with Gasteiger partial charge in [0, 0.05) is 51.7 Å². The number of anilines is 1. The molecule has 0 spiro atoms. The molecular formula is C18H29IN6O. The summed E-state index contributed by atoms with van der Waals surface area (Å²) in [4.78, 5) is 18.1. The third kappa shape index (κ3) is 6.08. The smallest absolute Gasteiger partial charge is 0.225 e. The molecule has 1 aromatic rings. The fraction of sp³-hybridized carbons (Fsp3) is 0.611. The van der Waals surface area contributed by atoms with Crippen molar-refractivity contribution in [2.24, 2.45) is 4.99 Å². The first-order valence-electron chi connectivity index (χ1n) is 9.17. The summed E-state index contributed by atoms with van der Waals surface area (Å²) < 4.78 is 5.36. The number of halogens is 1. The molecule has 1 fully saturated rings. The van der Waals surface area contributed by atoms with Crippen molar-refractivity contribution in [2.75, 3.05) is 57.4 Å². The van der Waals surface area contributed by atoms with E-state index in [0.717, 1.165) is 77.2 Å². The molecule has 26 heavy (non-hydrogen) atoms. The summed E-state index contributed by atoms with van der Waals surface area (Å²) in [6.45, 7) is 9.12. The highest BCUT2D eigenvalue weighted by molar-refractivity contribution is 14.0. The third-order valence-corrected chi connectivity index (χ3v) is 4.50. The minimum atomic E-state index is 0. The number of aromatic nitrogens is 2. The molecule has 0 aliphatic carbocycles. The lowest BCUT2D eigenvalue weighted by Crippen LogP contribution is -2.53. The molecule has 1 aromatic heterocycles. The first kappa shape index (κ1) is 20.9. The maximum atomic E-state index is 5.36. The van der Waals surface area contributed by atoms with Gasteiger partial charge >= 0.3 is 0 Å². The highest BCUT2D eigenvalue weighted by Gasteiger charge is 2.21. The zero-order chi connectivity index (χ0) is 17.3. The molecule has 0 radical (unpaired) electrons. The minimum absolute atomic E-state index is 0. The van der Waals surface area contributed by atoms with Crippen molar-refractivity contribution < 1.29 is 4.74 Å². The number of nitrogens with zero attached hydrogens (tertiary/aromatic N) is 5. The zero-order valence-electron chi connectivity index (χ0n) is 15.4. The molecule has 1 saturated heterocycles. The first-order chi connectivity index (χ1) is 12.4. The predicted octanol–water partition coefficient (Wildman–Crippen LogP) is 1.92. The Balaban J connectivity index is 0.00000243. The van der Waals surface area contributed by atoms with Gasteiger partial charge in [-0.2, -0.15) is 0 Å². The molecule has 2 aliphatic heterocycles. The number of nitrogens with one attached hydrogen (secondary N) is 1. The molecule has 0 saturated carbocycles. The summed E-state index contributed by atoms with van der Waals surface area (Å²) >= 11 is 0. The van der Waals surface area contributed by atoms with Crippen molar-refractivity contribution >= 4 is 35.9 Å². The van der Waals surface area contributed by atoms with Crippen LogP contribution in [0.4, 0.5) is 5.95 Å². The molecule has 144 valence electrons. The maximum absolute atomic E-state index is 5.36. The van der Waals surface area contributed by atoms with Crippen molar-refractivity contribution in [2.45, 2.75) is 19.8 Å². The minimum Gasteiger partial charge on any atom is -0.377 e. The Bertz CT molecular complexity index is 587. The van der Waals surface area contributed by atoms with Gasteiger partial charge in [-0.1, -0.05) is 11.6 Å². The molecule has 0 unspecified atom stereocenters. The van der Waals surface area contributed by atoms with Gasteiger partial charge in [-0.3, -0.25) is 4.99 Å². The van der Waals surface area contributed by atoms with E-state index < -0.39 is 0 Å². The van der Waals surface area contributed by atoms with E-state index in [1.807, 2.05) is 6.07 Å². The predicted molar refractivity (Wildman–Crippen MR) is 115 cm³/mol. The Kier molecular flexibility index (Phi) is 9.10. The third-order valence-electron chi connectivity index (χ3n) is 4.50. The fourth-order valence-electron chi connectivity index (χ4n) is 3.10. The number of ether oxygens (including phenoxy) is 1. The number of hydrogen-bond donors (Lipinski definition) is 1. The van der Waals surface area contributed by atoms with Crippen molar-refractivity contribution in [3.05, 3.63) is 30.1 Å². The van der Waals surface area contributed by atoms with Gasteiger partial charge in [0.2, 0.25) is 5.95 Å². The van der Waals surface area contributed by atoms with Crippen molar-refractivity contribution in [3.8, 4) is 0 Å². The van der Waals surface area contributed by atoms with Crippen LogP contribution in [0.25, 0.3) is 0 Å². The second kappa shape index (κ2) is 11.3. The van der Waals surface area contributed by atoms with Gasteiger partial charge in [0.1, 0.15) is 0 Å². The highest BCUT2D eigenvalue weighted by atomic mass is 127. The summed E-state index contributed by atoms with van der Waals surface area (Å²) in [7, 11) is 0. The van der Waals surface area contributed by atoms with Crippen LogP contribution in [0.1, 0.15) is 19.8 Å². The van der Waals surface area contributed by atoms with Crippen LogP contribution >= 0.6 is 24.0 Å². The SMILES string of the molecule is CCNC(=NCCC1=CCOCC1)N1CCN(c2ncccn2)CC1.I. The van der Waals surface area contributed by atoms with E-state index >= 15 is 0 Å². The Hall–Kier alpha value is -1.42. The average Bonchev–Trinajstić information content (AvgIpc) is 2.69. The van der Waals surface area contributed by atoms with Gasteiger partial charge in [0.05, 0.1) is 13.2 Å². The number of aliphatic imine (C=N–C) groups is 1. The van der Waals surface area contributed by atoms with Crippen LogP contribution in [-0.2, 0) is 4.74 Å². The Morgan fingerprint density at radius 1 is 1.23 bits per heavy atom. The number of guanidine groups is 1. The van der Waals surface area contributed by atoms with Crippen LogP contribution < -0.4 is 10.2 Å². The van der Waals surface area contributed by atoms with E-state index in [2.05, 4.69) is 38.1 Å². The van der Waals surface area contributed by atoms with Crippen LogP contribution in [0.2, 0.25) is 0 Å². The molecule has 0 aromatic carbocycles. The Labute approximate surface area is 173 Å². The second-order valence-electron chi connectivity index (χ2n) is 6.20. The van der Waals surface area contributed by atoms with Gasteiger partial charge in [-0.15, -0.1) is 24.0 Å². The van der Waals surface area contributed by atoms with E-state index in [9.17, 15) is 0 Å². The van der Waals surface area contributed by atoms with Gasteiger partial charge in [-0.05, 0) is 25.8 Å². The highest BCUT2D eigenvalue weighted by Crippen LogP contribution is 2.13. The summed E-state index contributed by atoms with van der Waals surface area (Å²) in [5.74, 6) is 1.83. The summed E-state index contributed by atoms with van der Waals surface area (Å²) in [5, 5.41) is 3.43. The van der Waals surface area contributed by atoms with E-state index in [1.54, 1.807) is 12.4 Å². The van der Waals surface area contributed by atoms with Crippen LogP contribution in [0, 0.1) is 0 Å². The summed E-state index contributed by atoms with van der Waals surface area (Å²) in [6.07, 6.45) is 7.86. The standard InChI is InChI=1S/C18H28N6O.HI/c1-2-19-17(22-9-4-16-5-14-25-15-6-16)23-10-12-24(13-11-23)18-20-7-3-8-21-18;/h3,5,7-8H,2,4,6,9-15H2,1H3,(H,19,22);1H. The first-order valence-corrected chi connectivity index (χ1v) is 9.17. The molecule has 8 heteroatoms. The number of hydrogen-bond acceptors (Lipinski definition) is 5. The van der Waals surface area contributed by atoms with Gasteiger partial charge in [0.25, 0.3) is 0 Å². The monoisotopic (exact) mass is 472 g/mol. The van der Waals surface area contributed by atoms with Crippen LogP contribution in [-0.4, -0.2) is 73.3 Å². The molecule has 2 aliphatic rings. The Morgan fingerprint density at radius 3 is 2.65 bits per heavy atom. The van der Waals surface area contributed by atoms with E-state index in [1.165, 1.54) is 5.57 Å². The lowest BCUT2D eigenvalue weighted by molar-refractivity contribution is 0.153. The fourth-order valence-corrected chi connectivity index (χ4v) is 3.10. The molecule has 0 amide bonds. The summed E-state index contributed by atoms with van der Waals surface area (Å²) in [6, 6.07) is 1.85. The van der Waals surface area contributed by atoms with E-state index in [0.29, 0.717) is 0 Å². The zero-order valence-corrected chi connectivity index (χ0v) is 17.8. The van der Waals surface area contributed by atoms with E-state index in [-0.39, 0.29) is 24.0 Å². The van der Waals surface area contributed by atoms with Gasteiger partial charge in [-0.25, -0.2) is 9.97 Å². The lowest BCUT2D eigenvalue weighted by Gasteiger charge is -2.36. The molecule has 7 nitrogen and oxygen atoms in total. The quantitative estimate of drug-likeness (QED) is 0.306.